The number of nitrogens with one attached hydrogen (secondary N) is 1. The third-order valence-corrected chi connectivity index (χ3v) is 4.53. The van der Waals surface area contributed by atoms with Gasteiger partial charge in [-0.3, -0.25) is 0 Å². The summed E-state index contributed by atoms with van der Waals surface area (Å²) in [6.07, 6.45) is 3.01. The fraction of sp³-hybridized carbons (Fsp3) is 1.00. The first-order valence-electron chi connectivity index (χ1n) is 5.78. The molecule has 1 fully saturated rings. The van der Waals surface area contributed by atoms with Crippen LogP contribution in [-0.2, 0) is 9.84 Å². The summed E-state index contributed by atoms with van der Waals surface area (Å²) in [7, 11) is -3.04. The highest BCUT2D eigenvalue weighted by atomic mass is 32.2. The molecular weight excluding hydrogens is 230 g/mol. The Balaban J connectivity index is 2.10. The number of rotatable bonds is 7. The van der Waals surface area contributed by atoms with Crippen molar-refractivity contribution in [2.45, 2.75) is 37.8 Å². The van der Waals surface area contributed by atoms with E-state index in [4.69, 9.17) is 5.11 Å². The minimum Gasteiger partial charge on any atom is -0.396 e. The van der Waals surface area contributed by atoms with Gasteiger partial charge in [-0.2, -0.15) is 0 Å². The van der Waals surface area contributed by atoms with Crippen LogP contribution in [0.5, 0.6) is 0 Å². The van der Waals surface area contributed by atoms with E-state index in [0.717, 1.165) is 32.2 Å². The van der Waals surface area contributed by atoms with Crippen LogP contribution in [0, 0.1) is 0 Å². The lowest BCUT2D eigenvalue weighted by molar-refractivity contribution is 0.166. The van der Waals surface area contributed by atoms with E-state index in [1.807, 2.05) is 0 Å². The van der Waals surface area contributed by atoms with E-state index in [-0.39, 0.29) is 24.2 Å². The summed E-state index contributed by atoms with van der Waals surface area (Å²) in [6, 6.07) is -0.303. The molecule has 1 heterocycles. The molecule has 0 saturated carbocycles. The Bertz CT molecular complexity index is 291. The highest BCUT2D eigenvalue weighted by Crippen LogP contribution is 2.12. The van der Waals surface area contributed by atoms with E-state index in [1.165, 1.54) is 0 Å². The number of aliphatic hydroxyl groups excluding tert-OH is 2. The summed E-state index contributed by atoms with van der Waals surface area (Å²) >= 11 is 0. The second kappa shape index (κ2) is 6.54. The highest BCUT2D eigenvalue weighted by Gasteiger charge is 2.35. The number of hydrogen-bond donors (Lipinski definition) is 3. The van der Waals surface area contributed by atoms with Crippen molar-refractivity contribution in [3.05, 3.63) is 0 Å². The van der Waals surface area contributed by atoms with Crippen LogP contribution in [0.15, 0.2) is 0 Å². The SMILES string of the molecule is O=S1(=O)CC(O)C(NCCCCCCO)C1. The highest BCUT2D eigenvalue weighted by molar-refractivity contribution is 7.91. The number of aliphatic hydroxyl groups is 2. The monoisotopic (exact) mass is 251 g/mol. The predicted octanol–water partition coefficient (Wildman–Crippen LogP) is -0.713. The molecule has 1 aliphatic rings. The lowest BCUT2D eigenvalue weighted by Crippen LogP contribution is -2.39. The zero-order chi connectivity index (χ0) is 12.0. The molecular formula is C10H21NO4S. The first-order valence-corrected chi connectivity index (χ1v) is 7.60. The largest absolute Gasteiger partial charge is 0.396 e. The molecule has 1 aliphatic heterocycles. The zero-order valence-corrected chi connectivity index (χ0v) is 10.2. The van der Waals surface area contributed by atoms with E-state index in [9.17, 15) is 13.5 Å². The Hall–Kier alpha value is -0.170. The van der Waals surface area contributed by atoms with Gasteiger partial charge in [0.25, 0.3) is 0 Å². The minimum absolute atomic E-state index is 0.0464. The number of unbranched alkanes of at least 4 members (excludes halogenated alkanes) is 3. The molecule has 0 spiro atoms. The normalized spacial score (nSPS) is 28.4. The Kier molecular flexibility index (Phi) is 5.68. The van der Waals surface area contributed by atoms with Crippen molar-refractivity contribution in [2.24, 2.45) is 0 Å². The van der Waals surface area contributed by atoms with E-state index < -0.39 is 15.9 Å². The molecule has 2 atom stereocenters. The van der Waals surface area contributed by atoms with Crippen LogP contribution in [0.2, 0.25) is 0 Å². The van der Waals surface area contributed by atoms with Gasteiger partial charge in [0.1, 0.15) is 0 Å². The summed E-state index contributed by atoms with van der Waals surface area (Å²) < 4.78 is 22.4. The first-order chi connectivity index (χ1) is 7.55. The van der Waals surface area contributed by atoms with Crippen molar-refractivity contribution in [1.82, 2.24) is 5.32 Å². The number of sulfone groups is 1. The molecule has 2 unspecified atom stereocenters. The van der Waals surface area contributed by atoms with Crippen LogP contribution in [-0.4, -0.2) is 55.4 Å². The molecule has 1 rings (SSSR count). The van der Waals surface area contributed by atoms with Gasteiger partial charge >= 0.3 is 0 Å². The fourth-order valence-corrected chi connectivity index (χ4v) is 3.68. The molecule has 1 saturated heterocycles. The standard InChI is InChI=1S/C10H21NO4S/c12-6-4-2-1-3-5-11-9-7-16(14,15)8-10(9)13/h9-13H,1-8H2. The summed E-state index contributed by atoms with van der Waals surface area (Å²) in [6.45, 7) is 0.954. The maximum absolute atomic E-state index is 11.2. The average Bonchev–Trinajstić information content (AvgIpc) is 2.45. The second-order valence-corrected chi connectivity index (χ2v) is 6.50. The van der Waals surface area contributed by atoms with Gasteiger partial charge in [-0.05, 0) is 19.4 Å². The quantitative estimate of drug-likeness (QED) is 0.520. The molecule has 6 heteroatoms. The minimum atomic E-state index is -3.04. The van der Waals surface area contributed by atoms with Gasteiger partial charge in [0.15, 0.2) is 9.84 Å². The van der Waals surface area contributed by atoms with Crippen molar-refractivity contribution < 1.29 is 18.6 Å². The molecule has 5 nitrogen and oxygen atoms in total. The third kappa shape index (κ3) is 4.78. The molecule has 0 bridgehead atoms. The molecule has 0 radical (unpaired) electrons. The second-order valence-electron chi connectivity index (χ2n) is 4.34. The topological polar surface area (TPSA) is 86.6 Å². The Morgan fingerprint density at radius 3 is 2.38 bits per heavy atom. The van der Waals surface area contributed by atoms with E-state index in [0.29, 0.717) is 0 Å². The Morgan fingerprint density at radius 1 is 1.12 bits per heavy atom. The fourth-order valence-electron chi connectivity index (χ4n) is 1.90. The van der Waals surface area contributed by atoms with Crippen LogP contribution >= 0.6 is 0 Å². The molecule has 0 aromatic rings. The van der Waals surface area contributed by atoms with Gasteiger partial charge in [-0.25, -0.2) is 8.42 Å². The van der Waals surface area contributed by atoms with Crippen LogP contribution in [0.1, 0.15) is 25.7 Å². The Morgan fingerprint density at radius 2 is 1.81 bits per heavy atom. The van der Waals surface area contributed by atoms with Crippen LogP contribution in [0.4, 0.5) is 0 Å². The summed E-state index contributed by atoms with van der Waals surface area (Å²) in [5, 5.41) is 21.1. The van der Waals surface area contributed by atoms with Gasteiger partial charge in [0.2, 0.25) is 0 Å². The Labute approximate surface area is 96.8 Å². The average molecular weight is 251 g/mol. The molecule has 16 heavy (non-hydrogen) atoms. The lowest BCUT2D eigenvalue weighted by Gasteiger charge is -2.14. The van der Waals surface area contributed by atoms with Crippen molar-refractivity contribution in [1.29, 1.82) is 0 Å². The van der Waals surface area contributed by atoms with Crippen LogP contribution in [0.3, 0.4) is 0 Å². The van der Waals surface area contributed by atoms with E-state index >= 15 is 0 Å². The van der Waals surface area contributed by atoms with Gasteiger partial charge in [-0.1, -0.05) is 12.8 Å². The molecule has 96 valence electrons. The van der Waals surface area contributed by atoms with Crippen molar-refractivity contribution in [3.63, 3.8) is 0 Å². The summed E-state index contributed by atoms with van der Waals surface area (Å²) in [5.74, 6) is -0.0695. The molecule has 0 amide bonds. The number of hydrogen-bond acceptors (Lipinski definition) is 5. The lowest BCUT2D eigenvalue weighted by atomic mass is 10.1. The first kappa shape index (κ1) is 13.9. The molecule has 0 aromatic heterocycles. The van der Waals surface area contributed by atoms with Gasteiger partial charge in [0, 0.05) is 12.6 Å². The molecule has 0 aromatic carbocycles. The van der Waals surface area contributed by atoms with Gasteiger partial charge in [0.05, 0.1) is 17.6 Å². The van der Waals surface area contributed by atoms with Crippen molar-refractivity contribution in [3.8, 4) is 0 Å². The molecule has 0 aliphatic carbocycles. The summed E-state index contributed by atoms with van der Waals surface area (Å²) in [4.78, 5) is 0. The smallest absolute Gasteiger partial charge is 0.154 e. The van der Waals surface area contributed by atoms with Crippen molar-refractivity contribution in [2.75, 3.05) is 24.7 Å². The summed E-state index contributed by atoms with van der Waals surface area (Å²) in [5.41, 5.74) is 0. The third-order valence-electron chi connectivity index (χ3n) is 2.81. The maximum Gasteiger partial charge on any atom is 0.154 e. The van der Waals surface area contributed by atoms with Gasteiger partial charge < -0.3 is 15.5 Å². The maximum atomic E-state index is 11.2. The zero-order valence-electron chi connectivity index (χ0n) is 9.43. The predicted molar refractivity (Wildman–Crippen MR) is 62.0 cm³/mol. The van der Waals surface area contributed by atoms with Crippen LogP contribution in [0.25, 0.3) is 0 Å². The van der Waals surface area contributed by atoms with E-state index in [2.05, 4.69) is 5.32 Å². The van der Waals surface area contributed by atoms with Crippen molar-refractivity contribution >= 4 is 9.84 Å². The van der Waals surface area contributed by atoms with E-state index in [1.54, 1.807) is 0 Å². The van der Waals surface area contributed by atoms with Crippen LogP contribution < -0.4 is 5.32 Å². The van der Waals surface area contributed by atoms with Gasteiger partial charge in [-0.15, -0.1) is 0 Å². The molecule has 3 N–H and O–H groups in total.